The predicted molar refractivity (Wildman–Crippen MR) is 47.7 cm³/mol. The molecule has 0 bridgehead atoms. The molecule has 0 atom stereocenters. The van der Waals surface area contributed by atoms with Gasteiger partial charge in [-0.3, -0.25) is 0 Å². The Kier molecular flexibility index (Phi) is 66.4. The number of nitriles is 1. The normalized spacial score (nSPS) is 5.10. The first-order valence-corrected chi connectivity index (χ1v) is 3.77. The van der Waals surface area contributed by atoms with Crippen molar-refractivity contribution in [2.45, 2.75) is 40.5 Å². The summed E-state index contributed by atoms with van der Waals surface area (Å²) in [4.78, 5) is 0. The molecule has 0 spiro atoms. The highest BCUT2D eigenvalue weighted by Crippen LogP contribution is 1.77. The molecular formula is C9H19N. The van der Waals surface area contributed by atoms with Crippen LogP contribution in [0.2, 0.25) is 0 Å². The van der Waals surface area contributed by atoms with Gasteiger partial charge in [-0.25, -0.2) is 0 Å². The molecule has 0 heterocycles. The fraction of sp³-hybridized carbons (Fsp3) is 0.667. The van der Waals surface area contributed by atoms with Crippen LogP contribution < -0.4 is 0 Å². The molecule has 0 unspecified atom stereocenters. The van der Waals surface area contributed by atoms with Gasteiger partial charge in [0.15, 0.2) is 0 Å². The Labute approximate surface area is 65.4 Å². The van der Waals surface area contributed by atoms with E-state index in [1.807, 2.05) is 33.8 Å². The van der Waals surface area contributed by atoms with E-state index in [1.54, 1.807) is 6.08 Å². The summed E-state index contributed by atoms with van der Waals surface area (Å²) < 4.78 is 0. The van der Waals surface area contributed by atoms with Crippen molar-refractivity contribution in [3.05, 3.63) is 12.7 Å². The molecule has 0 fully saturated rings. The van der Waals surface area contributed by atoms with Crippen LogP contribution in [0.25, 0.3) is 0 Å². The van der Waals surface area contributed by atoms with Crippen LogP contribution in [0.3, 0.4) is 0 Å². The van der Waals surface area contributed by atoms with Crippen LogP contribution in [0.5, 0.6) is 0 Å². The maximum absolute atomic E-state index is 7.82. The zero-order chi connectivity index (χ0) is 8.83. The van der Waals surface area contributed by atoms with Crippen molar-refractivity contribution >= 4 is 0 Å². The monoisotopic (exact) mass is 141 g/mol. The van der Waals surface area contributed by atoms with Gasteiger partial charge >= 0.3 is 0 Å². The van der Waals surface area contributed by atoms with Crippen LogP contribution in [0.1, 0.15) is 40.5 Å². The highest BCUT2D eigenvalue weighted by atomic mass is 14.2. The van der Waals surface area contributed by atoms with Gasteiger partial charge in [0.25, 0.3) is 0 Å². The summed E-state index contributed by atoms with van der Waals surface area (Å²) in [6.07, 6.45) is 3.43. The number of allylic oxidation sites excluding steroid dienone is 1. The Morgan fingerprint density at radius 1 is 1.50 bits per heavy atom. The minimum absolute atomic E-state index is 0.694. The van der Waals surface area contributed by atoms with E-state index in [0.29, 0.717) is 6.42 Å². The van der Waals surface area contributed by atoms with E-state index < -0.39 is 0 Å². The topological polar surface area (TPSA) is 23.8 Å². The van der Waals surface area contributed by atoms with E-state index in [9.17, 15) is 0 Å². The maximum atomic E-state index is 7.82. The summed E-state index contributed by atoms with van der Waals surface area (Å²) in [7, 11) is 0. The first kappa shape index (κ1) is 16.1. The summed E-state index contributed by atoms with van der Waals surface area (Å²) in [5.41, 5.74) is 0. The third-order valence-corrected chi connectivity index (χ3v) is 0.362. The first-order valence-electron chi connectivity index (χ1n) is 3.77. The molecule has 0 rings (SSSR count). The molecule has 0 aliphatic heterocycles. The second kappa shape index (κ2) is 41.2. The number of unbranched alkanes of at least 4 members (excludes halogenated alkanes) is 1. The highest BCUT2D eigenvalue weighted by molar-refractivity contribution is 4.65. The van der Waals surface area contributed by atoms with Crippen molar-refractivity contribution in [3.8, 4) is 6.07 Å². The van der Waals surface area contributed by atoms with Gasteiger partial charge in [0.1, 0.15) is 0 Å². The average molecular weight is 141 g/mol. The van der Waals surface area contributed by atoms with E-state index in [-0.39, 0.29) is 0 Å². The highest BCUT2D eigenvalue weighted by Gasteiger charge is 1.65. The van der Waals surface area contributed by atoms with Crippen LogP contribution in [0.15, 0.2) is 12.7 Å². The third kappa shape index (κ3) is 185. The van der Waals surface area contributed by atoms with Crippen LogP contribution in [0, 0.1) is 11.3 Å². The van der Waals surface area contributed by atoms with E-state index in [4.69, 9.17) is 5.26 Å². The SMILES string of the molecule is C=CC.CC.CCCC#N. The van der Waals surface area contributed by atoms with Crippen LogP contribution in [-0.2, 0) is 0 Å². The number of rotatable bonds is 1. The van der Waals surface area contributed by atoms with Crippen LogP contribution in [-0.4, -0.2) is 0 Å². The van der Waals surface area contributed by atoms with E-state index in [1.165, 1.54) is 0 Å². The van der Waals surface area contributed by atoms with Gasteiger partial charge in [0.05, 0.1) is 6.07 Å². The van der Waals surface area contributed by atoms with Gasteiger partial charge < -0.3 is 0 Å². The van der Waals surface area contributed by atoms with E-state index >= 15 is 0 Å². The standard InChI is InChI=1S/C4H7N.C3H6.C2H6/c1-2-3-4-5;1-3-2;1-2/h2-3H2,1H3;3H,1H2,2H3;1-2H3. The minimum Gasteiger partial charge on any atom is -0.198 e. The van der Waals surface area contributed by atoms with E-state index in [0.717, 1.165) is 6.42 Å². The molecule has 1 heteroatoms. The van der Waals surface area contributed by atoms with Gasteiger partial charge in [-0.05, 0) is 13.3 Å². The van der Waals surface area contributed by atoms with Crippen molar-refractivity contribution in [2.75, 3.05) is 0 Å². The molecule has 0 aromatic rings. The summed E-state index contributed by atoms with van der Waals surface area (Å²) in [5.74, 6) is 0. The lowest BCUT2D eigenvalue weighted by atomic mass is 10.4. The Bertz CT molecular complexity index is 69.3. The molecule has 0 aliphatic rings. The zero-order valence-corrected chi connectivity index (χ0v) is 7.65. The van der Waals surface area contributed by atoms with Crippen molar-refractivity contribution in [3.63, 3.8) is 0 Å². The van der Waals surface area contributed by atoms with E-state index in [2.05, 4.69) is 6.58 Å². The smallest absolute Gasteiger partial charge is 0.0621 e. The lowest BCUT2D eigenvalue weighted by Gasteiger charge is -1.65. The average Bonchev–Trinajstić information content (AvgIpc) is 1.96. The third-order valence-electron chi connectivity index (χ3n) is 0.362. The molecule has 0 N–H and O–H groups in total. The van der Waals surface area contributed by atoms with Crippen LogP contribution >= 0.6 is 0 Å². The fourth-order valence-electron chi connectivity index (χ4n) is 0.112. The molecule has 0 amide bonds. The predicted octanol–water partition coefficient (Wildman–Crippen LogP) is 3.53. The number of nitrogens with zero attached hydrogens (tertiary/aromatic N) is 1. The summed E-state index contributed by atoms with van der Waals surface area (Å²) in [6.45, 7) is 11.2. The minimum atomic E-state index is 0.694. The van der Waals surface area contributed by atoms with Crippen molar-refractivity contribution in [2.24, 2.45) is 0 Å². The van der Waals surface area contributed by atoms with Gasteiger partial charge in [0.2, 0.25) is 0 Å². The maximum Gasteiger partial charge on any atom is 0.0621 e. The molecule has 60 valence electrons. The molecule has 0 saturated carbocycles. The quantitative estimate of drug-likeness (QED) is 0.512. The lowest BCUT2D eigenvalue weighted by Crippen LogP contribution is -1.53. The van der Waals surface area contributed by atoms with Crippen molar-refractivity contribution in [1.29, 1.82) is 5.26 Å². The molecule has 0 radical (unpaired) electrons. The largest absolute Gasteiger partial charge is 0.198 e. The zero-order valence-electron chi connectivity index (χ0n) is 7.65. The first-order chi connectivity index (χ1) is 4.83. The Morgan fingerprint density at radius 2 is 1.80 bits per heavy atom. The molecular weight excluding hydrogens is 122 g/mol. The summed E-state index contributed by atoms with van der Waals surface area (Å²) in [5, 5.41) is 7.82. The number of hydrogen-bond acceptors (Lipinski definition) is 1. The Balaban J connectivity index is -0.0000000847. The molecule has 0 aromatic heterocycles. The molecule has 10 heavy (non-hydrogen) atoms. The van der Waals surface area contributed by atoms with Crippen LogP contribution in [0.4, 0.5) is 0 Å². The van der Waals surface area contributed by atoms with Gasteiger partial charge in [-0.15, -0.1) is 6.58 Å². The molecule has 0 saturated heterocycles. The molecule has 1 nitrogen and oxygen atoms in total. The van der Waals surface area contributed by atoms with Crippen molar-refractivity contribution < 1.29 is 0 Å². The summed E-state index contributed by atoms with van der Waals surface area (Å²) in [6, 6.07) is 2.02. The lowest BCUT2D eigenvalue weighted by molar-refractivity contribution is 0.969. The summed E-state index contributed by atoms with van der Waals surface area (Å²) >= 11 is 0. The van der Waals surface area contributed by atoms with Gasteiger partial charge in [-0.1, -0.05) is 26.8 Å². The number of hydrogen-bond donors (Lipinski definition) is 0. The molecule has 0 aliphatic carbocycles. The second-order valence-corrected chi connectivity index (χ2v) is 1.32. The Hall–Kier alpha value is -0.770. The fourth-order valence-corrected chi connectivity index (χ4v) is 0.112. The Morgan fingerprint density at radius 3 is 1.80 bits per heavy atom. The van der Waals surface area contributed by atoms with Gasteiger partial charge in [0, 0.05) is 6.42 Å². The van der Waals surface area contributed by atoms with Crippen molar-refractivity contribution in [1.82, 2.24) is 0 Å². The van der Waals surface area contributed by atoms with Gasteiger partial charge in [-0.2, -0.15) is 5.26 Å². The second-order valence-electron chi connectivity index (χ2n) is 1.32. The molecule has 0 aromatic carbocycles.